The van der Waals surface area contributed by atoms with Gasteiger partial charge in [-0.2, -0.15) is 6.42 Å². The zero-order valence-corrected chi connectivity index (χ0v) is 12.9. The predicted octanol–water partition coefficient (Wildman–Crippen LogP) is 2.94. The van der Waals surface area contributed by atoms with E-state index in [1.54, 1.807) is 0 Å². The second kappa shape index (κ2) is 7.37. The maximum Gasteiger partial charge on any atom is 2.00 e. The van der Waals surface area contributed by atoms with Crippen LogP contribution in [0.5, 0.6) is 0 Å². The minimum atomic E-state index is 0. The third kappa shape index (κ3) is 3.67. The topological polar surface area (TPSA) is 3.24 Å². The molecule has 0 aromatic heterocycles. The summed E-state index contributed by atoms with van der Waals surface area (Å²) in [5.74, 6) is 0. The molecule has 1 aromatic carbocycles. The number of benzene rings is 1. The molecule has 1 aliphatic rings. The van der Waals surface area contributed by atoms with E-state index in [0.717, 1.165) is 6.54 Å². The van der Waals surface area contributed by atoms with Gasteiger partial charge >= 0.3 is 31.1 Å². The van der Waals surface area contributed by atoms with E-state index >= 15 is 0 Å². The van der Waals surface area contributed by atoms with Gasteiger partial charge in [0.05, 0.1) is 0 Å². The van der Waals surface area contributed by atoms with Crippen molar-refractivity contribution in [2.75, 3.05) is 18.0 Å². The second-order valence-corrected chi connectivity index (χ2v) is 3.21. The van der Waals surface area contributed by atoms with Crippen molar-refractivity contribution in [3.63, 3.8) is 0 Å². The van der Waals surface area contributed by atoms with Crippen LogP contribution in [0.15, 0.2) is 30.3 Å². The molecule has 0 bridgehead atoms. The Morgan fingerprint density at radius 2 is 1.86 bits per heavy atom. The van der Waals surface area contributed by atoms with Gasteiger partial charge < -0.3 is 18.7 Å². The predicted molar refractivity (Wildman–Crippen MR) is 58.6 cm³/mol. The van der Waals surface area contributed by atoms with E-state index in [-0.39, 0.29) is 38.5 Å². The average Bonchev–Trinajstić information content (AvgIpc) is 2.21. The Bertz CT molecular complexity index is 229. The van der Waals surface area contributed by atoms with E-state index in [9.17, 15) is 0 Å². The van der Waals surface area contributed by atoms with Crippen LogP contribution in [0, 0.1) is 45.0 Å². The van der Waals surface area contributed by atoms with E-state index < -0.39 is 0 Å². The molecule has 14 heavy (non-hydrogen) atoms. The van der Waals surface area contributed by atoms with E-state index in [2.05, 4.69) is 41.7 Å². The molecule has 0 spiro atoms. The fourth-order valence-corrected chi connectivity index (χ4v) is 1.64. The molecule has 1 saturated heterocycles. The van der Waals surface area contributed by atoms with Crippen molar-refractivity contribution in [3.8, 4) is 0 Å². The number of hydrogen-bond acceptors (Lipinski definition) is 1. The molecule has 0 atom stereocenters. The Kier molecular flexibility index (Phi) is 7.41. The maximum atomic E-state index is 2.42. The number of piperidine rings is 1. The van der Waals surface area contributed by atoms with Crippen LogP contribution in [-0.4, -0.2) is 13.1 Å². The summed E-state index contributed by atoms with van der Waals surface area (Å²) in [6.07, 6.45) is 4.94. The molecular formula is C12H17NU. The number of para-hydroxylation sites is 1. The van der Waals surface area contributed by atoms with Crippen molar-refractivity contribution in [3.05, 3.63) is 44.2 Å². The van der Waals surface area contributed by atoms with E-state index in [4.69, 9.17) is 0 Å². The van der Waals surface area contributed by atoms with Crippen molar-refractivity contribution in [1.82, 2.24) is 0 Å². The van der Waals surface area contributed by atoms with Crippen LogP contribution >= 0.6 is 0 Å². The SMILES string of the molecule is [CH3-].[U+2].c1ccc(N2C[CH-]CCC2)cc1. The van der Waals surface area contributed by atoms with Crippen molar-refractivity contribution in [1.29, 1.82) is 0 Å². The van der Waals surface area contributed by atoms with Gasteiger partial charge in [-0.1, -0.05) is 24.6 Å². The van der Waals surface area contributed by atoms with E-state index in [1.165, 1.54) is 25.1 Å². The van der Waals surface area contributed by atoms with E-state index in [0.29, 0.717) is 0 Å². The molecule has 1 fully saturated rings. The third-order valence-corrected chi connectivity index (χ3v) is 2.31. The number of anilines is 1. The van der Waals surface area contributed by atoms with Crippen LogP contribution in [0.2, 0.25) is 0 Å². The van der Waals surface area contributed by atoms with Gasteiger partial charge in [-0.15, -0.1) is 6.54 Å². The number of rotatable bonds is 1. The molecule has 2 rings (SSSR count). The molecule has 0 aliphatic carbocycles. The van der Waals surface area contributed by atoms with Gasteiger partial charge in [0.1, 0.15) is 0 Å². The largest absolute Gasteiger partial charge is 2.00 e. The first-order chi connectivity index (χ1) is 5.97. The first-order valence-electron chi connectivity index (χ1n) is 4.58. The molecule has 1 aliphatic heterocycles. The molecule has 74 valence electrons. The van der Waals surface area contributed by atoms with Gasteiger partial charge in [-0.3, -0.25) is 0 Å². The van der Waals surface area contributed by atoms with Gasteiger partial charge in [-0.25, -0.2) is 0 Å². The van der Waals surface area contributed by atoms with Crippen LogP contribution in [-0.2, 0) is 0 Å². The standard InChI is InChI=1S/C11H14N.CH3.U/c1-3-7-11(8-4-1)12-9-5-2-6-10-12;;/h1,3-5,7-8H,2,6,9-10H2;1H3;/q2*-1;+2. The Hall–Kier alpha value is 0.0719. The van der Waals surface area contributed by atoms with Gasteiger partial charge in [0.15, 0.2) is 0 Å². The fourth-order valence-electron chi connectivity index (χ4n) is 1.64. The molecule has 1 heterocycles. The second-order valence-electron chi connectivity index (χ2n) is 3.21. The summed E-state index contributed by atoms with van der Waals surface area (Å²) in [4.78, 5) is 2.42. The first-order valence-corrected chi connectivity index (χ1v) is 4.58. The number of nitrogens with zero attached hydrogens (tertiary/aromatic N) is 1. The molecular weight excluding hydrogens is 396 g/mol. The van der Waals surface area contributed by atoms with Gasteiger partial charge in [0, 0.05) is 12.2 Å². The van der Waals surface area contributed by atoms with Crippen LogP contribution in [0.4, 0.5) is 5.69 Å². The summed E-state index contributed by atoms with van der Waals surface area (Å²) in [5, 5.41) is 0. The van der Waals surface area contributed by atoms with Crippen molar-refractivity contribution >= 4 is 5.69 Å². The summed E-state index contributed by atoms with van der Waals surface area (Å²) < 4.78 is 0. The average molecular weight is 413 g/mol. The molecule has 0 amide bonds. The number of hydrogen-bond donors (Lipinski definition) is 0. The summed E-state index contributed by atoms with van der Waals surface area (Å²) in [7, 11) is 0. The smallest absolute Gasteiger partial charge is 0.401 e. The molecule has 0 N–H and O–H groups in total. The molecule has 0 unspecified atom stereocenters. The zero-order valence-electron chi connectivity index (χ0n) is 8.74. The Morgan fingerprint density at radius 3 is 2.43 bits per heavy atom. The molecule has 0 saturated carbocycles. The summed E-state index contributed by atoms with van der Waals surface area (Å²) in [5.41, 5.74) is 1.36. The van der Waals surface area contributed by atoms with Crippen molar-refractivity contribution in [2.45, 2.75) is 12.8 Å². The monoisotopic (exact) mass is 413 g/mol. The van der Waals surface area contributed by atoms with Crippen LogP contribution in [0.25, 0.3) is 0 Å². The van der Waals surface area contributed by atoms with Gasteiger partial charge in [-0.05, 0) is 12.1 Å². The Morgan fingerprint density at radius 1 is 1.14 bits per heavy atom. The maximum absolute atomic E-state index is 2.42. The van der Waals surface area contributed by atoms with Gasteiger partial charge in [0.25, 0.3) is 0 Å². The first kappa shape index (κ1) is 14.1. The summed E-state index contributed by atoms with van der Waals surface area (Å²) >= 11 is 0. The molecule has 2 heteroatoms. The molecule has 0 radical (unpaired) electrons. The van der Waals surface area contributed by atoms with Crippen LogP contribution < -0.4 is 4.90 Å². The quantitative estimate of drug-likeness (QED) is 0.641. The minimum Gasteiger partial charge on any atom is -0.401 e. The van der Waals surface area contributed by atoms with Crippen LogP contribution in [0.1, 0.15) is 12.8 Å². The molecule has 1 aromatic rings. The van der Waals surface area contributed by atoms with Crippen molar-refractivity contribution in [2.24, 2.45) is 0 Å². The Balaban J connectivity index is 0.000000845. The van der Waals surface area contributed by atoms with Crippen LogP contribution in [0.3, 0.4) is 0 Å². The fraction of sp³-hybridized carbons (Fsp3) is 0.333. The normalized spacial score (nSPS) is 15.3. The third-order valence-electron chi connectivity index (χ3n) is 2.31. The zero-order chi connectivity index (χ0) is 8.23. The van der Waals surface area contributed by atoms with Gasteiger partial charge in [0.2, 0.25) is 0 Å². The minimum absolute atomic E-state index is 0. The Labute approximate surface area is 111 Å². The van der Waals surface area contributed by atoms with Crippen molar-refractivity contribution < 1.29 is 31.1 Å². The molecule has 1 nitrogen and oxygen atoms in total. The summed E-state index contributed by atoms with van der Waals surface area (Å²) in [6.45, 7) is 2.32. The summed E-state index contributed by atoms with van der Waals surface area (Å²) in [6, 6.07) is 10.6. The van der Waals surface area contributed by atoms with E-state index in [1.807, 2.05) is 0 Å².